The first-order chi connectivity index (χ1) is 8.65. The molecular formula is C11H12N6O. The van der Waals surface area contributed by atoms with E-state index < -0.39 is 0 Å². The van der Waals surface area contributed by atoms with Crippen LogP contribution in [0.15, 0.2) is 24.5 Å². The van der Waals surface area contributed by atoms with Crippen LogP contribution in [0, 0.1) is 6.92 Å². The predicted molar refractivity (Wildman–Crippen MR) is 64.4 cm³/mol. The number of nitrogens with two attached hydrogens (primary N) is 1. The van der Waals surface area contributed by atoms with E-state index in [9.17, 15) is 4.79 Å². The summed E-state index contributed by atoms with van der Waals surface area (Å²) in [4.78, 5) is 19.9. The summed E-state index contributed by atoms with van der Waals surface area (Å²) in [6.07, 6.45) is 3.26. The highest BCUT2D eigenvalue weighted by atomic mass is 16.1. The molecule has 0 bridgehead atoms. The van der Waals surface area contributed by atoms with Crippen LogP contribution in [0.3, 0.4) is 0 Å². The minimum atomic E-state index is -0.329. The van der Waals surface area contributed by atoms with Gasteiger partial charge in [-0.3, -0.25) is 14.8 Å². The molecule has 0 saturated carbocycles. The van der Waals surface area contributed by atoms with Crippen LogP contribution in [-0.2, 0) is 6.54 Å². The maximum atomic E-state index is 11.7. The topological polar surface area (TPSA) is 107 Å². The molecule has 2 aromatic rings. The number of amides is 1. The minimum Gasteiger partial charge on any atom is -0.382 e. The van der Waals surface area contributed by atoms with E-state index in [0.717, 1.165) is 5.69 Å². The van der Waals surface area contributed by atoms with Gasteiger partial charge in [0.15, 0.2) is 5.69 Å². The third kappa shape index (κ3) is 2.97. The van der Waals surface area contributed by atoms with Crippen molar-refractivity contribution in [2.75, 3.05) is 5.73 Å². The van der Waals surface area contributed by atoms with Crippen LogP contribution in [0.1, 0.15) is 21.9 Å². The zero-order chi connectivity index (χ0) is 13.0. The van der Waals surface area contributed by atoms with Gasteiger partial charge in [0.1, 0.15) is 5.82 Å². The van der Waals surface area contributed by atoms with Crippen LogP contribution >= 0.6 is 0 Å². The molecule has 2 aromatic heterocycles. The van der Waals surface area contributed by atoms with Crippen LogP contribution in [0.5, 0.6) is 0 Å². The quantitative estimate of drug-likeness (QED) is 0.792. The fourth-order valence-electron chi connectivity index (χ4n) is 1.24. The first-order valence-corrected chi connectivity index (χ1v) is 5.30. The SMILES string of the molecule is Cc1cnc(CNC(=O)c2ccc(N)nn2)cn1. The van der Waals surface area contributed by atoms with Crippen molar-refractivity contribution in [1.29, 1.82) is 0 Å². The molecule has 3 N–H and O–H groups in total. The average molecular weight is 244 g/mol. The third-order valence-electron chi connectivity index (χ3n) is 2.18. The second-order valence-corrected chi connectivity index (χ2v) is 3.68. The highest BCUT2D eigenvalue weighted by Crippen LogP contribution is 1.98. The van der Waals surface area contributed by atoms with E-state index in [1.807, 2.05) is 6.92 Å². The van der Waals surface area contributed by atoms with E-state index in [4.69, 9.17) is 5.73 Å². The van der Waals surface area contributed by atoms with Crippen molar-refractivity contribution in [3.8, 4) is 0 Å². The second-order valence-electron chi connectivity index (χ2n) is 3.68. The molecule has 0 aliphatic carbocycles. The zero-order valence-electron chi connectivity index (χ0n) is 9.79. The molecule has 2 rings (SSSR count). The molecule has 7 nitrogen and oxygen atoms in total. The van der Waals surface area contributed by atoms with E-state index >= 15 is 0 Å². The predicted octanol–water partition coefficient (Wildman–Crippen LogP) is 0.0872. The Hall–Kier alpha value is -2.57. The molecule has 0 spiro atoms. The Morgan fingerprint density at radius 1 is 1.28 bits per heavy atom. The summed E-state index contributed by atoms with van der Waals surface area (Å²) >= 11 is 0. The molecule has 7 heteroatoms. The van der Waals surface area contributed by atoms with Gasteiger partial charge >= 0.3 is 0 Å². The number of nitrogen functional groups attached to an aromatic ring is 1. The third-order valence-corrected chi connectivity index (χ3v) is 2.18. The van der Waals surface area contributed by atoms with E-state index in [1.165, 1.54) is 12.1 Å². The van der Waals surface area contributed by atoms with E-state index in [0.29, 0.717) is 5.69 Å². The van der Waals surface area contributed by atoms with Crippen molar-refractivity contribution >= 4 is 11.7 Å². The molecule has 0 fully saturated rings. The smallest absolute Gasteiger partial charge is 0.272 e. The minimum absolute atomic E-state index is 0.212. The molecule has 0 radical (unpaired) electrons. The van der Waals surface area contributed by atoms with Gasteiger partial charge in [0, 0.05) is 6.20 Å². The standard InChI is InChI=1S/C11H12N6O/c1-7-4-14-8(5-13-7)6-15-11(18)9-2-3-10(12)17-16-9/h2-5H,6H2,1H3,(H2,12,17)(H,15,18). The maximum absolute atomic E-state index is 11.7. The van der Waals surface area contributed by atoms with Crippen molar-refractivity contribution in [3.05, 3.63) is 41.6 Å². The molecule has 0 unspecified atom stereocenters. The summed E-state index contributed by atoms with van der Waals surface area (Å²) in [6.45, 7) is 2.14. The number of rotatable bonds is 3. The monoisotopic (exact) mass is 244 g/mol. The molecule has 0 aliphatic heterocycles. The van der Waals surface area contributed by atoms with Gasteiger partial charge in [-0.25, -0.2) is 0 Å². The number of carbonyl (C=O) groups is 1. The normalized spacial score (nSPS) is 10.1. The summed E-state index contributed by atoms with van der Waals surface area (Å²) in [7, 11) is 0. The number of anilines is 1. The summed E-state index contributed by atoms with van der Waals surface area (Å²) in [5, 5.41) is 9.96. The van der Waals surface area contributed by atoms with E-state index in [2.05, 4.69) is 25.5 Å². The molecule has 92 valence electrons. The van der Waals surface area contributed by atoms with Crippen molar-refractivity contribution in [1.82, 2.24) is 25.5 Å². The van der Waals surface area contributed by atoms with Crippen molar-refractivity contribution in [2.24, 2.45) is 0 Å². The van der Waals surface area contributed by atoms with Crippen molar-refractivity contribution < 1.29 is 4.79 Å². The number of aromatic nitrogens is 4. The van der Waals surface area contributed by atoms with Gasteiger partial charge in [-0.2, -0.15) is 0 Å². The van der Waals surface area contributed by atoms with Gasteiger partial charge < -0.3 is 11.1 Å². The number of aryl methyl sites for hydroxylation is 1. The molecule has 18 heavy (non-hydrogen) atoms. The Balaban J connectivity index is 1.96. The first-order valence-electron chi connectivity index (χ1n) is 5.30. The average Bonchev–Trinajstić information content (AvgIpc) is 2.38. The lowest BCUT2D eigenvalue weighted by atomic mass is 10.3. The van der Waals surface area contributed by atoms with Gasteiger partial charge in [-0.05, 0) is 19.1 Å². The second kappa shape index (κ2) is 5.17. The first kappa shape index (κ1) is 11.9. The van der Waals surface area contributed by atoms with Crippen molar-refractivity contribution in [2.45, 2.75) is 13.5 Å². The Labute approximate surface area is 103 Å². The number of carbonyl (C=O) groups excluding carboxylic acids is 1. The molecule has 0 saturated heterocycles. The van der Waals surface area contributed by atoms with Gasteiger partial charge in [-0.1, -0.05) is 0 Å². The lowest BCUT2D eigenvalue weighted by Crippen LogP contribution is -2.24. The summed E-state index contributed by atoms with van der Waals surface area (Å²) in [5.41, 5.74) is 7.10. The molecular weight excluding hydrogens is 232 g/mol. The summed E-state index contributed by atoms with van der Waals surface area (Å²) < 4.78 is 0. The van der Waals surface area contributed by atoms with Crippen LogP contribution in [0.2, 0.25) is 0 Å². The number of nitrogens with one attached hydrogen (secondary N) is 1. The number of nitrogens with zero attached hydrogens (tertiary/aromatic N) is 4. The van der Waals surface area contributed by atoms with Gasteiger partial charge in [-0.15, -0.1) is 10.2 Å². The van der Waals surface area contributed by atoms with Gasteiger partial charge in [0.05, 0.1) is 24.1 Å². The van der Waals surface area contributed by atoms with E-state index in [1.54, 1.807) is 12.4 Å². The Morgan fingerprint density at radius 2 is 2.11 bits per heavy atom. The zero-order valence-corrected chi connectivity index (χ0v) is 9.79. The number of hydrogen-bond acceptors (Lipinski definition) is 6. The van der Waals surface area contributed by atoms with Crippen LogP contribution in [0.4, 0.5) is 5.82 Å². The lowest BCUT2D eigenvalue weighted by molar-refractivity contribution is 0.0944. The van der Waals surface area contributed by atoms with Crippen LogP contribution < -0.4 is 11.1 Å². The molecule has 0 aromatic carbocycles. The van der Waals surface area contributed by atoms with Gasteiger partial charge in [0.2, 0.25) is 0 Å². The summed E-state index contributed by atoms with van der Waals surface area (Å²) in [5.74, 6) is -0.0548. The fourth-order valence-corrected chi connectivity index (χ4v) is 1.24. The maximum Gasteiger partial charge on any atom is 0.272 e. The lowest BCUT2D eigenvalue weighted by Gasteiger charge is -2.03. The Morgan fingerprint density at radius 3 is 2.72 bits per heavy atom. The molecule has 0 atom stereocenters. The highest BCUT2D eigenvalue weighted by molar-refractivity contribution is 5.92. The Bertz CT molecular complexity index is 536. The highest BCUT2D eigenvalue weighted by Gasteiger charge is 2.07. The van der Waals surface area contributed by atoms with Crippen molar-refractivity contribution in [3.63, 3.8) is 0 Å². The van der Waals surface area contributed by atoms with E-state index in [-0.39, 0.29) is 24.0 Å². The van der Waals surface area contributed by atoms with Gasteiger partial charge in [0.25, 0.3) is 5.91 Å². The molecule has 1 amide bonds. The fraction of sp³-hybridized carbons (Fsp3) is 0.182. The molecule has 2 heterocycles. The largest absolute Gasteiger partial charge is 0.382 e. The molecule has 0 aliphatic rings. The summed E-state index contributed by atoms with van der Waals surface area (Å²) in [6, 6.07) is 3.03. The number of hydrogen-bond donors (Lipinski definition) is 2. The van der Waals surface area contributed by atoms with Crippen LogP contribution in [0.25, 0.3) is 0 Å². The van der Waals surface area contributed by atoms with Crippen LogP contribution in [-0.4, -0.2) is 26.1 Å². The Kier molecular flexibility index (Phi) is 3.42.